The number of nitrogens with zero attached hydrogens (tertiary/aromatic N) is 1. The third kappa shape index (κ3) is 4.88. The number of pyridine rings is 1. The predicted molar refractivity (Wildman–Crippen MR) is 157 cm³/mol. The lowest BCUT2D eigenvalue weighted by Crippen LogP contribution is -2.25. The van der Waals surface area contributed by atoms with E-state index in [0.29, 0.717) is 46.4 Å². The molecule has 2 aromatic carbocycles. The molecular formula is C30H27FINO5S. The molecule has 0 atom stereocenters. The van der Waals surface area contributed by atoms with Gasteiger partial charge in [0, 0.05) is 32.9 Å². The Bertz CT molecular complexity index is 1880. The van der Waals surface area contributed by atoms with Gasteiger partial charge in [-0.15, -0.1) is 0 Å². The standard InChI is InChI=1S/C30H27FINO5S/c1-16-24(13-19-6-7-21(32)14-25(19)31)27-28(38-30(16)35)26(17(2)33(29(27)34)22-8-9-22)20-5-3-4-18(12-20)15-39(36,37)23-10-11-23/h3-7,12,14,22-23H,8-11,13,15H2,1-2H3. The van der Waals surface area contributed by atoms with Crippen LogP contribution in [0.1, 0.15) is 59.7 Å². The quantitative estimate of drug-likeness (QED) is 0.228. The minimum Gasteiger partial charge on any atom is -0.422 e. The van der Waals surface area contributed by atoms with Gasteiger partial charge in [0.15, 0.2) is 15.4 Å². The van der Waals surface area contributed by atoms with Crippen LogP contribution in [0.25, 0.3) is 22.1 Å². The molecule has 0 saturated heterocycles. The summed E-state index contributed by atoms with van der Waals surface area (Å²) in [6.07, 6.45) is 3.20. The van der Waals surface area contributed by atoms with Crippen LogP contribution in [0.4, 0.5) is 4.39 Å². The van der Waals surface area contributed by atoms with E-state index < -0.39 is 21.3 Å². The lowest BCUT2D eigenvalue weighted by atomic mass is 9.94. The normalized spacial score (nSPS) is 15.7. The summed E-state index contributed by atoms with van der Waals surface area (Å²) >= 11 is 2.04. The van der Waals surface area contributed by atoms with E-state index in [0.717, 1.165) is 16.4 Å². The summed E-state index contributed by atoms with van der Waals surface area (Å²) in [7, 11) is -3.24. The van der Waals surface area contributed by atoms with Gasteiger partial charge in [0.1, 0.15) is 5.82 Å². The highest BCUT2D eigenvalue weighted by Gasteiger charge is 2.36. The Hall–Kier alpha value is -2.79. The smallest absolute Gasteiger partial charge is 0.339 e. The van der Waals surface area contributed by atoms with Crippen LogP contribution in [-0.2, 0) is 22.0 Å². The summed E-state index contributed by atoms with van der Waals surface area (Å²) in [6, 6.07) is 12.2. The number of benzene rings is 2. The Morgan fingerprint density at radius 3 is 2.46 bits per heavy atom. The maximum Gasteiger partial charge on any atom is 0.339 e. The molecule has 9 heteroatoms. The molecule has 0 N–H and O–H groups in total. The zero-order valence-electron chi connectivity index (χ0n) is 21.6. The van der Waals surface area contributed by atoms with Crippen molar-refractivity contribution in [3.05, 3.63) is 101 Å². The van der Waals surface area contributed by atoms with Crippen LogP contribution in [-0.4, -0.2) is 18.2 Å². The first kappa shape index (κ1) is 26.4. The monoisotopic (exact) mass is 659 g/mol. The van der Waals surface area contributed by atoms with Crippen molar-refractivity contribution >= 4 is 43.4 Å². The lowest BCUT2D eigenvalue weighted by molar-refractivity contribution is 0.549. The van der Waals surface area contributed by atoms with Gasteiger partial charge in [0.25, 0.3) is 5.56 Å². The van der Waals surface area contributed by atoms with Gasteiger partial charge >= 0.3 is 5.63 Å². The van der Waals surface area contributed by atoms with Gasteiger partial charge in [-0.1, -0.05) is 24.3 Å². The average molecular weight is 660 g/mol. The Balaban J connectivity index is 1.61. The number of hydrogen-bond acceptors (Lipinski definition) is 5. The van der Waals surface area contributed by atoms with Crippen LogP contribution in [0.15, 0.2) is 56.5 Å². The maximum absolute atomic E-state index is 14.9. The van der Waals surface area contributed by atoms with E-state index in [9.17, 15) is 22.4 Å². The Morgan fingerprint density at radius 1 is 1.05 bits per heavy atom. The van der Waals surface area contributed by atoms with E-state index in [1.54, 1.807) is 35.8 Å². The molecule has 4 aromatic rings. The van der Waals surface area contributed by atoms with Gasteiger partial charge in [-0.05, 0) is 103 Å². The van der Waals surface area contributed by atoms with Crippen molar-refractivity contribution in [1.29, 1.82) is 0 Å². The SMILES string of the molecule is Cc1c(Cc2ccc(I)cc2F)c2c(=O)n(C3CC3)c(C)c(-c3cccc(CS(=O)(=O)C4CC4)c3)c2oc1=O. The second kappa shape index (κ2) is 9.69. The van der Waals surface area contributed by atoms with Crippen LogP contribution >= 0.6 is 22.6 Å². The first-order valence-corrected chi connectivity index (χ1v) is 15.8. The molecule has 2 heterocycles. The topological polar surface area (TPSA) is 86.3 Å². The molecule has 2 saturated carbocycles. The molecule has 0 radical (unpaired) electrons. The minimum absolute atomic E-state index is 0.0363. The van der Waals surface area contributed by atoms with E-state index >= 15 is 0 Å². The molecule has 2 aromatic heterocycles. The third-order valence-corrected chi connectivity index (χ3v) is 10.7. The zero-order valence-corrected chi connectivity index (χ0v) is 24.6. The molecular weight excluding hydrogens is 632 g/mol. The van der Waals surface area contributed by atoms with Gasteiger partial charge in [-0.2, -0.15) is 0 Å². The molecule has 2 aliphatic carbocycles. The van der Waals surface area contributed by atoms with Crippen LogP contribution in [0.2, 0.25) is 0 Å². The summed E-state index contributed by atoms with van der Waals surface area (Å²) in [5, 5.41) is -0.000679. The number of sulfone groups is 1. The highest BCUT2D eigenvalue weighted by atomic mass is 127. The number of fused-ring (bicyclic) bond motifs is 1. The van der Waals surface area contributed by atoms with E-state index in [4.69, 9.17) is 4.42 Å². The van der Waals surface area contributed by atoms with Crippen molar-refractivity contribution < 1.29 is 17.2 Å². The minimum atomic E-state index is -3.24. The number of halogens is 2. The van der Waals surface area contributed by atoms with Crippen LogP contribution in [0.5, 0.6) is 0 Å². The molecule has 0 amide bonds. The van der Waals surface area contributed by atoms with E-state index in [1.807, 2.05) is 41.6 Å². The Morgan fingerprint density at radius 2 is 1.79 bits per heavy atom. The van der Waals surface area contributed by atoms with Crippen LogP contribution in [0.3, 0.4) is 0 Å². The maximum atomic E-state index is 14.9. The van der Waals surface area contributed by atoms with Crippen molar-refractivity contribution in [2.24, 2.45) is 0 Å². The molecule has 2 aliphatic rings. The van der Waals surface area contributed by atoms with Gasteiger partial charge in [-0.25, -0.2) is 17.6 Å². The van der Waals surface area contributed by atoms with Crippen molar-refractivity contribution in [2.75, 3.05) is 0 Å². The fourth-order valence-electron chi connectivity index (χ4n) is 5.41. The van der Waals surface area contributed by atoms with Gasteiger partial charge in [-0.3, -0.25) is 4.79 Å². The summed E-state index contributed by atoms with van der Waals surface area (Å²) in [4.78, 5) is 27.1. The molecule has 6 rings (SSSR count). The first-order valence-electron chi connectivity index (χ1n) is 13.0. The lowest BCUT2D eigenvalue weighted by Gasteiger charge is -2.19. The van der Waals surface area contributed by atoms with E-state index in [2.05, 4.69) is 0 Å². The molecule has 0 spiro atoms. The fourth-order valence-corrected chi connectivity index (χ4v) is 7.60. The number of hydrogen-bond donors (Lipinski definition) is 0. The van der Waals surface area contributed by atoms with Gasteiger partial charge in [0.2, 0.25) is 0 Å². The molecule has 0 aliphatic heterocycles. The van der Waals surface area contributed by atoms with Crippen molar-refractivity contribution in [1.82, 2.24) is 4.57 Å². The first-order chi connectivity index (χ1) is 18.5. The summed E-state index contributed by atoms with van der Waals surface area (Å²) in [5.41, 5.74) is 3.01. The second-order valence-electron chi connectivity index (χ2n) is 10.7. The fraction of sp³-hybridized carbons (Fsp3) is 0.333. The highest BCUT2D eigenvalue weighted by molar-refractivity contribution is 14.1. The molecule has 0 bridgehead atoms. The number of rotatable bonds is 7. The number of aromatic nitrogens is 1. The average Bonchev–Trinajstić information content (AvgIpc) is 3.77. The van der Waals surface area contributed by atoms with Crippen molar-refractivity contribution in [2.45, 2.75) is 63.0 Å². The predicted octanol–water partition coefficient (Wildman–Crippen LogP) is 5.99. The second-order valence-corrected chi connectivity index (χ2v) is 14.2. The summed E-state index contributed by atoms with van der Waals surface area (Å²) < 4.78 is 48.6. The molecule has 0 unspecified atom stereocenters. The highest BCUT2D eigenvalue weighted by Crippen LogP contribution is 2.40. The Labute approximate surface area is 238 Å². The molecule has 6 nitrogen and oxygen atoms in total. The van der Waals surface area contributed by atoms with Gasteiger partial charge < -0.3 is 8.98 Å². The van der Waals surface area contributed by atoms with Crippen molar-refractivity contribution in [3.8, 4) is 11.1 Å². The Kier molecular flexibility index (Phi) is 6.57. The summed E-state index contributed by atoms with van der Waals surface area (Å²) in [6.45, 7) is 3.44. The zero-order chi connectivity index (χ0) is 27.6. The van der Waals surface area contributed by atoms with Crippen molar-refractivity contribution in [3.63, 3.8) is 0 Å². The van der Waals surface area contributed by atoms with Crippen LogP contribution < -0.4 is 11.2 Å². The van der Waals surface area contributed by atoms with E-state index in [-0.39, 0.29) is 45.6 Å². The summed E-state index contributed by atoms with van der Waals surface area (Å²) in [5.74, 6) is -0.465. The molecule has 202 valence electrons. The third-order valence-electron chi connectivity index (χ3n) is 7.78. The molecule has 2 fully saturated rings. The molecule has 39 heavy (non-hydrogen) atoms. The van der Waals surface area contributed by atoms with E-state index in [1.165, 1.54) is 6.07 Å². The van der Waals surface area contributed by atoms with Crippen LogP contribution in [0, 0.1) is 23.2 Å². The van der Waals surface area contributed by atoms with Gasteiger partial charge in [0.05, 0.1) is 16.4 Å². The largest absolute Gasteiger partial charge is 0.422 e.